The van der Waals surface area contributed by atoms with Gasteiger partial charge in [0.2, 0.25) is 5.89 Å². The molecule has 1 aliphatic rings. The Labute approximate surface area is 197 Å². The zero-order valence-corrected chi connectivity index (χ0v) is 21.1. The van der Waals surface area contributed by atoms with Gasteiger partial charge in [0.15, 0.2) is 5.96 Å². The number of guanidine groups is 1. The Hall–Kier alpha value is -1.84. The van der Waals surface area contributed by atoms with Crippen molar-refractivity contribution >= 4 is 35.8 Å². The number of nitrogens with one attached hydrogen (secondary N) is 2. The first kappa shape index (κ1) is 24.4. The van der Waals surface area contributed by atoms with Crippen molar-refractivity contribution in [1.29, 1.82) is 0 Å². The molecule has 2 aromatic heterocycles. The number of halogens is 1. The number of hydrogen-bond donors (Lipinski definition) is 2. The average Bonchev–Trinajstić information content (AvgIpc) is 3.17. The van der Waals surface area contributed by atoms with E-state index in [1.807, 2.05) is 6.20 Å². The van der Waals surface area contributed by atoms with E-state index in [0.717, 1.165) is 50.0 Å². The molecule has 0 saturated carbocycles. The topological polar surface area (TPSA) is 78.6 Å². The van der Waals surface area contributed by atoms with Crippen LogP contribution in [0, 0.1) is 6.92 Å². The van der Waals surface area contributed by atoms with Crippen LogP contribution in [-0.4, -0.2) is 41.6 Å². The highest BCUT2D eigenvalue weighted by Crippen LogP contribution is 2.23. The number of nitrogens with zero attached hydrogens (tertiary/aromatic N) is 4. The summed E-state index contributed by atoms with van der Waals surface area (Å²) in [5.41, 5.74) is 1.15. The second kappa shape index (κ2) is 11.0. The smallest absolute Gasteiger partial charge is 0.216 e. The number of rotatable bonds is 5. The first-order chi connectivity index (χ1) is 13.8. The van der Waals surface area contributed by atoms with Crippen LogP contribution in [0.5, 0.6) is 0 Å². The van der Waals surface area contributed by atoms with Gasteiger partial charge < -0.3 is 20.0 Å². The lowest BCUT2D eigenvalue weighted by Gasteiger charge is -2.33. The summed E-state index contributed by atoms with van der Waals surface area (Å²) < 4.78 is 5.85. The van der Waals surface area contributed by atoms with E-state index in [1.165, 1.54) is 5.56 Å². The highest BCUT2D eigenvalue weighted by molar-refractivity contribution is 14.0. The third kappa shape index (κ3) is 6.85. The molecule has 0 spiro atoms. The zero-order chi connectivity index (χ0) is 20.9. The lowest BCUT2D eigenvalue weighted by molar-refractivity contribution is 0.383. The maximum Gasteiger partial charge on any atom is 0.216 e. The van der Waals surface area contributed by atoms with Gasteiger partial charge in [-0.25, -0.2) is 15.0 Å². The molecule has 0 bridgehead atoms. The van der Waals surface area contributed by atoms with Crippen LogP contribution in [0.25, 0.3) is 0 Å². The van der Waals surface area contributed by atoms with Gasteiger partial charge in [0, 0.05) is 37.3 Å². The predicted molar refractivity (Wildman–Crippen MR) is 133 cm³/mol. The van der Waals surface area contributed by atoms with Crippen LogP contribution in [0.3, 0.4) is 0 Å². The predicted octanol–water partition coefficient (Wildman–Crippen LogP) is 4.02. The maximum atomic E-state index is 5.85. The third-order valence-corrected chi connectivity index (χ3v) is 5.06. The van der Waals surface area contributed by atoms with Crippen LogP contribution in [0.1, 0.15) is 57.8 Å². The average molecular weight is 526 g/mol. The molecule has 1 fully saturated rings. The van der Waals surface area contributed by atoms with E-state index in [9.17, 15) is 0 Å². The van der Waals surface area contributed by atoms with Gasteiger partial charge in [0.1, 0.15) is 18.1 Å². The number of aliphatic imine (C=N–C) groups is 1. The molecule has 0 amide bonds. The first-order valence-corrected chi connectivity index (χ1v) is 10.5. The standard InChI is InChI=1S/C22H34N6O.HI/c1-6-23-21(26-15-20-25-14-18(29-20)22(3,4)5)27-17-9-11-28(12-10-17)19-8-7-16(2)13-24-19;/h7-8,13-14,17H,6,9-12,15H2,1-5H3,(H2,23,26,27);1H. The summed E-state index contributed by atoms with van der Waals surface area (Å²) in [5.74, 6) is 3.41. The summed E-state index contributed by atoms with van der Waals surface area (Å²) >= 11 is 0. The summed E-state index contributed by atoms with van der Waals surface area (Å²) in [7, 11) is 0. The third-order valence-electron chi connectivity index (χ3n) is 5.06. The molecule has 0 aliphatic carbocycles. The monoisotopic (exact) mass is 526 g/mol. The van der Waals surface area contributed by atoms with E-state index >= 15 is 0 Å². The van der Waals surface area contributed by atoms with Crippen molar-refractivity contribution in [1.82, 2.24) is 20.6 Å². The molecule has 0 radical (unpaired) electrons. The minimum atomic E-state index is -0.0437. The van der Waals surface area contributed by atoms with Crippen molar-refractivity contribution in [3.05, 3.63) is 41.7 Å². The van der Waals surface area contributed by atoms with Gasteiger partial charge in [0.25, 0.3) is 0 Å². The van der Waals surface area contributed by atoms with Crippen LogP contribution < -0.4 is 15.5 Å². The highest BCUT2D eigenvalue weighted by Gasteiger charge is 2.21. The Morgan fingerprint density at radius 2 is 1.93 bits per heavy atom. The molecule has 7 nitrogen and oxygen atoms in total. The minimum Gasteiger partial charge on any atom is -0.443 e. The van der Waals surface area contributed by atoms with Gasteiger partial charge >= 0.3 is 0 Å². The molecule has 1 aliphatic heterocycles. The molecule has 0 unspecified atom stereocenters. The Kier molecular flexibility index (Phi) is 8.93. The van der Waals surface area contributed by atoms with Gasteiger partial charge in [-0.15, -0.1) is 24.0 Å². The number of aryl methyl sites for hydroxylation is 1. The van der Waals surface area contributed by atoms with Gasteiger partial charge in [-0.1, -0.05) is 26.8 Å². The molecule has 2 aromatic rings. The van der Waals surface area contributed by atoms with Gasteiger partial charge in [0.05, 0.1) is 6.20 Å². The fourth-order valence-corrected chi connectivity index (χ4v) is 3.29. The van der Waals surface area contributed by atoms with Crippen molar-refractivity contribution < 1.29 is 4.42 Å². The lowest BCUT2D eigenvalue weighted by Crippen LogP contribution is -2.48. The summed E-state index contributed by atoms with van der Waals surface area (Å²) in [6.07, 6.45) is 5.84. The second-order valence-corrected chi connectivity index (χ2v) is 8.66. The highest BCUT2D eigenvalue weighted by atomic mass is 127. The Morgan fingerprint density at radius 3 is 2.50 bits per heavy atom. The number of hydrogen-bond acceptors (Lipinski definition) is 5. The number of pyridine rings is 1. The van der Waals surface area contributed by atoms with Crippen molar-refractivity contribution in [2.75, 3.05) is 24.5 Å². The van der Waals surface area contributed by atoms with Gasteiger partial charge in [-0.2, -0.15) is 0 Å². The molecule has 166 valence electrons. The van der Waals surface area contributed by atoms with Crippen molar-refractivity contribution in [2.45, 2.75) is 65.5 Å². The SMILES string of the molecule is CCNC(=NCc1ncc(C(C)(C)C)o1)NC1CCN(c2ccc(C)cn2)CC1.I. The minimum absolute atomic E-state index is 0. The molecule has 3 heterocycles. The van der Waals surface area contributed by atoms with Crippen molar-refractivity contribution in [2.24, 2.45) is 4.99 Å². The van der Waals surface area contributed by atoms with Crippen LogP contribution in [-0.2, 0) is 12.0 Å². The Bertz CT molecular complexity index is 804. The van der Waals surface area contributed by atoms with Crippen LogP contribution in [0.4, 0.5) is 5.82 Å². The molecule has 30 heavy (non-hydrogen) atoms. The Balaban J connectivity index is 0.00000320. The number of oxazole rings is 1. The zero-order valence-electron chi connectivity index (χ0n) is 18.7. The van der Waals surface area contributed by atoms with Gasteiger partial charge in [-0.3, -0.25) is 0 Å². The number of piperidine rings is 1. The van der Waals surface area contributed by atoms with Crippen molar-refractivity contribution in [3.8, 4) is 0 Å². The molecule has 8 heteroatoms. The number of aromatic nitrogens is 2. The maximum absolute atomic E-state index is 5.85. The molecule has 0 atom stereocenters. The van der Waals surface area contributed by atoms with E-state index in [4.69, 9.17) is 4.42 Å². The molecule has 1 saturated heterocycles. The lowest BCUT2D eigenvalue weighted by atomic mass is 9.94. The number of anilines is 1. The van der Waals surface area contributed by atoms with E-state index in [-0.39, 0.29) is 29.4 Å². The van der Waals surface area contributed by atoms with Crippen LogP contribution >= 0.6 is 24.0 Å². The van der Waals surface area contributed by atoms with Crippen LogP contribution in [0.15, 0.2) is 33.9 Å². The van der Waals surface area contributed by atoms with Gasteiger partial charge in [-0.05, 0) is 38.3 Å². The first-order valence-electron chi connectivity index (χ1n) is 10.5. The van der Waals surface area contributed by atoms with E-state index in [2.05, 4.69) is 77.2 Å². The second-order valence-electron chi connectivity index (χ2n) is 8.66. The molecule has 3 rings (SSSR count). The molecular weight excluding hydrogens is 491 g/mol. The fraction of sp³-hybridized carbons (Fsp3) is 0.591. The summed E-state index contributed by atoms with van der Waals surface area (Å²) in [5, 5.41) is 6.90. The van der Waals surface area contributed by atoms with Crippen LogP contribution in [0.2, 0.25) is 0 Å². The summed E-state index contributed by atoms with van der Waals surface area (Å²) in [6, 6.07) is 4.62. The Morgan fingerprint density at radius 1 is 1.20 bits per heavy atom. The molecule has 2 N–H and O–H groups in total. The molecule has 0 aromatic carbocycles. The largest absolute Gasteiger partial charge is 0.443 e. The quantitative estimate of drug-likeness (QED) is 0.348. The summed E-state index contributed by atoms with van der Waals surface area (Å²) in [4.78, 5) is 15.9. The van der Waals surface area contributed by atoms with Crippen molar-refractivity contribution in [3.63, 3.8) is 0 Å². The summed E-state index contributed by atoms with van der Waals surface area (Å²) in [6.45, 7) is 13.7. The molecular formula is C22H35IN6O. The fourth-order valence-electron chi connectivity index (χ4n) is 3.29. The van der Waals surface area contributed by atoms with E-state index in [0.29, 0.717) is 18.5 Å². The van der Waals surface area contributed by atoms with E-state index in [1.54, 1.807) is 6.20 Å². The normalized spacial score (nSPS) is 15.6. The van der Waals surface area contributed by atoms with E-state index < -0.39 is 0 Å².